The predicted molar refractivity (Wildman–Crippen MR) is 109 cm³/mol. The highest BCUT2D eigenvalue weighted by molar-refractivity contribution is 6.09. The van der Waals surface area contributed by atoms with E-state index in [0.29, 0.717) is 17.0 Å². The summed E-state index contributed by atoms with van der Waals surface area (Å²) in [6, 6.07) is 15.7. The largest absolute Gasteiger partial charge is 0.372 e. The van der Waals surface area contributed by atoms with Gasteiger partial charge in [0.15, 0.2) is 0 Å². The molecular weight excluding hydrogens is 338 g/mol. The van der Waals surface area contributed by atoms with Crippen molar-refractivity contribution in [2.24, 2.45) is 0 Å². The van der Waals surface area contributed by atoms with Gasteiger partial charge in [0.1, 0.15) is 17.0 Å². The fourth-order valence-corrected chi connectivity index (χ4v) is 3.19. The van der Waals surface area contributed by atoms with Gasteiger partial charge in [-0.15, -0.1) is 0 Å². The first-order valence-corrected chi connectivity index (χ1v) is 9.23. The third kappa shape index (κ3) is 3.87. The highest BCUT2D eigenvalue weighted by atomic mass is 16.5. The summed E-state index contributed by atoms with van der Waals surface area (Å²) in [5.74, 6) is 0.287. The van der Waals surface area contributed by atoms with Crippen molar-refractivity contribution in [1.82, 2.24) is 5.16 Å². The van der Waals surface area contributed by atoms with Crippen molar-refractivity contribution in [3.8, 4) is 11.3 Å². The second-order valence-electron chi connectivity index (χ2n) is 6.45. The number of anilines is 2. The van der Waals surface area contributed by atoms with E-state index in [1.807, 2.05) is 49.4 Å². The van der Waals surface area contributed by atoms with Gasteiger partial charge >= 0.3 is 0 Å². The van der Waals surface area contributed by atoms with E-state index in [9.17, 15) is 4.79 Å². The average Bonchev–Trinajstić information content (AvgIpc) is 3.07. The molecule has 1 amide bonds. The highest BCUT2D eigenvalue weighted by Gasteiger charge is 2.22. The molecule has 5 heteroatoms. The van der Waals surface area contributed by atoms with Gasteiger partial charge in [-0.05, 0) is 51.5 Å². The molecule has 0 radical (unpaired) electrons. The summed E-state index contributed by atoms with van der Waals surface area (Å²) in [5.41, 5.74) is 4.84. The first kappa shape index (κ1) is 18.7. The molecule has 140 valence electrons. The van der Waals surface area contributed by atoms with Crippen LogP contribution in [0.25, 0.3) is 11.3 Å². The Bertz CT molecular complexity index is 928. The monoisotopic (exact) mass is 363 g/mol. The quantitative estimate of drug-likeness (QED) is 0.665. The molecule has 1 aromatic heterocycles. The fraction of sp³-hybridized carbons (Fsp3) is 0.273. The van der Waals surface area contributed by atoms with Crippen LogP contribution < -0.4 is 10.2 Å². The maximum atomic E-state index is 13.0. The van der Waals surface area contributed by atoms with Crippen LogP contribution in [-0.2, 0) is 0 Å². The van der Waals surface area contributed by atoms with Gasteiger partial charge in [-0.3, -0.25) is 4.79 Å². The lowest BCUT2D eigenvalue weighted by Gasteiger charge is -2.22. The lowest BCUT2D eigenvalue weighted by molar-refractivity contribution is 0.102. The van der Waals surface area contributed by atoms with Gasteiger partial charge in [0.25, 0.3) is 5.91 Å². The van der Waals surface area contributed by atoms with Gasteiger partial charge in [0.05, 0.1) is 0 Å². The van der Waals surface area contributed by atoms with Crippen molar-refractivity contribution in [2.75, 3.05) is 23.3 Å². The third-order valence-electron chi connectivity index (χ3n) is 4.72. The number of nitrogens with one attached hydrogen (secondary N) is 1. The van der Waals surface area contributed by atoms with Crippen molar-refractivity contribution in [3.63, 3.8) is 0 Å². The van der Waals surface area contributed by atoms with E-state index >= 15 is 0 Å². The molecule has 3 aromatic rings. The van der Waals surface area contributed by atoms with E-state index in [1.54, 1.807) is 6.92 Å². The minimum atomic E-state index is -0.216. The molecule has 0 aliphatic heterocycles. The molecule has 0 unspecified atom stereocenters. The summed E-state index contributed by atoms with van der Waals surface area (Å²) in [6.07, 6.45) is 0. The molecule has 0 spiro atoms. The second-order valence-corrected chi connectivity index (χ2v) is 6.45. The summed E-state index contributed by atoms with van der Waals surface area (Å²) in [4.78, 5) is 15.2. The molecule has 0 fully saturated rings. The Morgan fingerprint density at radius 1 is 1.07 bits per heavy atom. The Kier molecular flexibility index (Phi) is 5.60. The molecule has 0 aliphatic rings. The Labute approximate surface area is 160 Å². The first-order chi connectivity index (χ1) is 13.0. The zero-order valence-electron chi connectivity index (χ0n) is 16.2. The van der Waals surface area contributed by atoms with E-state index in [4.69, 9.17) is 4.52 Å². The molecule has 0 bridgehead atoms. The molecule has 0 atom stereocenters. The minimum Gasteiger partial charge on any atom is -0.372 e. The summed E-state index contributed by atoms with van der Waals surface area (Å²) in [5, 5.41) is 7.10. The van der Waals surface area contributed by atoms with Crippen molar-refractivity contribution in [2.45, 2.75) is 27.7 Å². The normalized spacial score (nSPS) is 10.7. The molecule has 5 nitrogen and oxygen atoms in total. The van der Waals surface area contributed by atoms with E-state index in [0.717, 1.165) is 35.6 Å². The van der Waals surface area contributed by atoms with E-state index in [2.05, 4.69) is 35.3 Å². The number of aromatic nitrogens is 1. The number of amides is 1. The Morgan fingerprint density at radius 2 is 1.78 bits per heavy atom. The molecule has 0 aliphatic carbocycles. The number of rotatable bonds is 6. The minimum absolute atomic E-state index is 0.216. The molecular formula is C22H25N3O2. The number of hydrogen-bond acceptors (Lipinski definition) is 4. The fourth-order valence-electron chi connectivity index (χ4n) is 3.19. The Hall–Kier alpha value is -3.08. The van der Waals surface area contributed by atoms with Crippen LogP contribution in [-0.4, -0.2) is 24.2 Å². The van der Waals surface area contributed by atoms with Crippen LogP contribution in [0.2, 0.25) is 0 Å². The topological polar surface area (TPSA) is 58.4 Å². The maximum Gasteiger partial charge on any atom is 0.261 e. The number of nitrogens with zero attached hydrogens (tertiary/aromatic N) is 2. The summed E-state index contributed by atoms with van der Waals surface area (Å²) < 4.78 is 5.30. The van der Waals surface area contributed by atoms with E-state index in [1.165, 1.54) is 0 Å². The van der Waals surface area contributed by atoms with Gasteiger partial charge in [0.2, 0.25) is 0 Å². The van der Waals surface area contributed by atoms with E-state index in [-0.39, 0.29) is 5.91 Å². The molecule has 0 saturated carbocycles. The third-order valence-corrected chi connectivity index (χ3v) is 4.72. The Morgan fingerprint density at radius 3 is 2.41 bits per heavy atom. The van der Waals surface area contributed by atoms with Crippen LogP contribution in [0, 0.1) is 13.8 Å². The summed E-state index contributed by atoms with van der Waals surface area (Å²) in [6.45, 7) is 9.92. The van der Waals surface area contributed by atoms with Crippen molar-refractivity contribution >= 4 is 17.3 Å². The van der Waals surface area contributed by atoms with Gasteiger partial charge in [0, 0.05) is 30.0 Å². The number of hydrogen-bond donors (Lipinski definition) is 1. The first-order valence-electron chi connectivity index (χ1n) is 9.23. The zero-order chi connectivity index (χ0) is 19.4. The van der Waals surface area contributed by atoms with Crippen molar-refractivity contribution < 1.29 is 9.32 Å². The Balaban J connectivity index is 1.88. The lowest BCUT2D eigenvalue weighted by Crippen LogP contribution is -2.22. The standard InChI is InChI=1S/C22H25N3O2/c1-5-25(6-2)18-12-13-19(15(3)14-18)23-22(26)20-16(4)27-24-21(20)17-10-8-7-9-11-17/h7-14H,5-6H2,1-4H3,(H,23,26). The number of aryl methyl sites for hydroxylation is 2. The number of carbonyl (C=O) groups is 1. The maximum absolute atomic E-state index is 13.0. The molecule has 27 heavy (non-hydrogen) atoms. The molecule has 1 heterocycles. The molecule has 2 aromatic carbocycles. The van der Waals surface area contributed by atoms with Crippen LogP contribution in [0.1, 0.15) is 35.5 Å². The van der Waals surface area contributed by atoms with Gasteiger partial charge in [-0.2, -0.15) is 0 Å². The molecule has 1 N–H and O–H groups in total. The van der Waals surface area contributed by atoms with Crippen LogP contribution in [0.5, 0.6) is 0 Å². The smallest absolute Gasteiger partial charge is 0.261 e. The lowest BCUT2D eigenvalue weighted by atomic mass is 10.1. The van der Waals surface area contributed by atoms with Crippen molar-refractivity contribution in [3.05, 3.63) is 65.4 Å². The number of benzene rings is 2. The van der Waals surface area contributed by atoms with Gasteiger partial charge in [-0.25, -0.2) is 0 Å². The SMILES string of the molecule is CCN(CC)c1ccc(NC(=O)c2c(-c3ccccc3)noc2C)c(C)c1. The number of carbonyl (C=O) groups excluding carboxylic acids is 1. The van der Waals surface area contributed by atoms with Crippen LogP contribution in [0.3, 0.4) is 0 Å². The van der Waals surface area contributed by atoms with Crippen molar-refractivity contribution in [1.29, 1.82) is 0 Å². The van der Waals surface area contributed by atoms with E-state index < -0.39 is 0 Å². The van der Waals surface area contributed by atoms with Gasteiger partial charge in [-0.1, -0.05) is 35.5 Å². The second kappa shape index (κ2) is 8.08. The zero-order valence-corrected chi connectivity index (χ0v) is 16.2. The predicted octanol–water partition coefficient (Wildman–Crippen LogP) is 5.06. The summed E-state index contributed by atoms with van der Waals surface area (Å²) in [7, 11) is 0. The summed E-state index contributed by atoms with van der Waals surface area (Å²) >= 11 is 0. The van der Waals surface area contributed by atoms with Crippen LogP contribution in [0.15, 0.2) is 53.1 Å². The van der Waals surface area contributed by atoms with Crippen LogP contribution >= 0.6 is 0 Å². The molecule has 0 saturated heterocycles. The van der Waals surface area contributed by atoms with Gasteiger partial charge < -0.3 is 14.7 Å². The highest BCUT2D eigenvalue weighted by Crippen LogP contribution is 2.27. The average molecular weight is 363 g/mol. The van der Waals surface area contributed by atoms with Crippen LogP contribution in [0.4, 0.5) is 11.4 Å². The molecule has 3 rings (SSSR count).